The van der Waals surface area contributed by atoms with Gasteiger partial charge in [-0.05, 0) is 58.3 Å². The zero-order valence-electron chi connectivity index (χ0n) is 13.7. The van der Waals surface area contributed by atoms with Gasteiger partial charge in [-0.2, -0.15) is 0 Å². The molecule has 4 heteroatoms. The first kappa shape index (κ1) is 16.2. The lowest BCUT2D eigenvalue weighted by Crippen LogP contribution is -2.48. The second-order valence-corrected chi connectivity index (χ2v) is 6.87. The van der Waals surface area contributed by atoms with Crippen molar-refractivity contribution in [1.82, 2.24) is 15.1 Å². The van der Waals surface area contributed by atoms with Crippen LogP contribution in [0.5, 0.6) is 0 Å². The Morgan fingerprint density at radius 3 is 2.70 bits per heavy atom. The van der Waals surface area contributed by atoms with E-state index in [4.69, 9.17) is 4.74 Å². The molecule has 0 aromatic heterocycles. The Labute approximate surface area is 124 Å². The second-order valence-electron chi connectivity index (χ2n) is 6.87. The lowest BCUT2D eigenvalue weighted by molar-refractivity contribution is -0.00260. The Bertz CT molecular complexity index is 279. The fraction of sp³-hybridized carbons (Fsp3) is 1.00. The number of nitrogens with zero attached hydrogens (tertiary/aromatic N) is 2. The van der Waals surface area contributed by atoms with Gasteiger partial charge >= 0.3 is 0 Å². The van der Waals surface area contributed by atoms with Crippen molar-refractivity contribution in [2.75, 3.05) is 60.0 Å². The fourth-order valence-electron chi connectivity index (χ4n) is 3.79. The third-order valence-electron chi connectivity index (χ3n) is 5.10. The van der Waals surface area contributed by atoms with Crippen LogP contribution in [-0.4, -0.2) is 75.9 Å². The maximum Gasteiger partial charge on any atom is 0.0472 e. The summed E-state index contributed by atoms with van der Waals surface area (Å²) in [5, 5.41) is 3.57. The van der Waals surface area contributed by atoms with Gasteiger partial charge in [0.25, 0.3) is 0 Å². The highest BCUT2D eigenvalue weighted by atomic mass is 16.5. The highest BCUT2D eigenvalue weighted by Gasteiger charge is 2.34. The van der Waals surface area contributed by atoms with E-state index in [1.165, 1.54) is 45.3 Å². The summed E-state index contributed by atoms with van der Waals surface area (Å²) in [4.78, 5) is 5.09. The van der Waals surface area contributed by atoms with Crippen LogP contribution in [0.25, 0.3) is 0 Å². The van der Waals surface area contributed by atoms with E-state index in [1.54, 1.807) is 0 Å². The highest BCUT2D eigenvalue weighted by Crippen LogP contribution is 2.31. The van der Waals surface area contributed by atoms with Gasteiger partial charge in [0.1, 0.15) is 0 Å². The molecule has 1 unspecified atom stereocenters. The van der Waals surface area contributed by atoms with Crippen LogP contribution in [0.3, 0.4) is 0 Å². The van der Waals surface area contributed by atoms with Gasteiger partial charge in [-0.25, -0.2) is 0 Å². The molecular weight excluding hydrogens is 250 g/mol. The van der Waals surface area contributed by atoms with Crippen molar-refractivity contribution in [3.63, 3.8) is 0 Å². The first-order valence-electron chi connectivity index (χ1n) is 8.32. The Hall–Kier alpha value is -0.160. The average Bonchev–Trinajstić information content (AvgIpc) is 2.83. The van der Waals surface area contributed by atoms with Crippen molar-refractivity contribution in [2.45, 2.75) is 38.6 Å². The summed E-state index contributed by atoms with van der Waals surface area (Å²) in [6.07, 6.45) is 5.13. The molecule has 1 atom stereocenters. The van der Waals surface area contributed by atoms with Crippen molar-refractivity contribution in [2.24, 2.45) is 5.41 Å². The van der Waals surface area contributed by atoms with Crippen LogP contribution in [-0.2, 0) is 4.74 Å². The van der Waals surface area contributed by atoms with Crippen molar-refractivity contribution >= 4 is 0 Å². The van der Waals surface area contributed by atoms with Crippen LogP contribution < -0.4 is 5.32 Å². The molecule has 1 N–H and O–H groups in total. The number of nitrogens with one attached hydrogen (secondary N) is 1. The summed E-state index contributed by atoms with van der Waals surface area (Å²) < 4.78 is 5.58. The molecule has 0 bridgehead atoms. The Balaban J connectivity index is 1.85. The van der Waals surface area contributed by atoms with E-state index in [-0.39, 0.29) is 0 Å². The van der Waals surface area contributed by atoms with Gasteiger partial charge < -0.3 is 19.9 Å². The molecule has 20 heavy (non-hydrogen) atoms. The monoisotopic (exact) mass is 283 g/mol. The molecule has 0 saturated carbocycles. The van der Waals surface area contributed by atoms with Gasteiger partial charge in [0.05, 0.1) is 0 Å². The molecule has 2 aliphatic heterocycles. The van der Waals surface area contributed by atoms with E-state index >= 15 is 0 Å². The fourth-order valence-corrected chi connectivity index (χ4v) is 3.79. The summed E-state index contributed by atoms with van der Waals surface area (Å²) in [5.41, 5.74) is 0.417. The van der Waals surface area contributed by atoms with E-state index in [9.17, 15) is 0 Å². The second kappa shape index (κ2) is 7.74. The molecule has 4 nitrogen and oxygen atoms in total. The normalized spacial score (nSPS) is 27.3. The van der Waals surface area contributed by atoms with Crippen LogP contribution in [0.4, 0.5) is 0 Å². The topological polar surface area (TPSA) is 27.7 Å². The number of ether oxygens (including phenoxy) is 1. The van der Waals surface area contributed by atoms with Gasteiger partial charge in [-0.3, -0.25) is 0 Å². The molecule has 0 spiro atoms. The van der Waals surface area contributed by atoms with E-state index in [2.05, 4.69) is 36.1 Å². The Morgan fingerprint density at radius 2 is 2.10 bits per heavy atom. The summed E-state index contributed by atoms with van der Waals surface area (Å²) in [6, 6.07) is 0.760. The maximum absolute atomic E-state index is 5.58. The first-order valence-corrected chi connectivity index (χ1v) is 8.32. The third kappa shape index (κ3) is 4.42. The van der Waals surface area contributed by atoms with Crippen molar-refractivity contribution < 1.29 is 4.74 Å². The van der Waals surface area contributed by atoms with Crippen molar-refractivity contribution in [3.8, 4) is 0 Å². The van der Waals surface area contributed by atoms with Crippen molar-refractivity contribution in [1.29, 1.82) is 0 Å². The van der Waals surface area contributed by atoms with Gasteiger partial charge in [0, 0.05) is 38.9 Å². The van der Waals surface area contributed by atoms with Gasteiger partial charge in [0.2, 0.25) is 0 Å². The lowest BCUT2D eigenvalue weighted by Gasteiger charge is -2.41. The number of hydrogen-bond acceptors (Lipinski definition) is 4. The van der Waals surface area contributed by atoms with Crippen LogP contribution in [0.2, 0.25) is 0 Å². The van der Waals surface area contributed by atoms with E-state index in [0.717, 1.165) is 32.3 Å². The summed E-state index contributed by atoms with van der Waals surface area (Å²) in [6.45, 7) is 9.96. The molecule has 2 rings (SSSR count). The molecule has 0 aromatic rings. The first-order chi connectivity index (χ1) is 9.65. The largest absolute Gasteiger partial charge is 0.381 e. The molecular formula is C16H33N3O. The minimum atomic E-state index is 0.417. The Morgan fingerprint density at radius 1 is 1.35 bits per heavy atom. The van der Waals surface area contributed by atoms with Gasteiger partial charge in [0.15, 0.2) is 0 Å². The van der Waals surface area contributed by atoms with Crippen LogP contribution >= 0.6 is 0 Å². The maximum atomic E-state index is 5.58. The lowest BCUT2D eigenvalue weighted by atomic mass is 9.79. The average molecular weight is 283 g/mol. The van der Waals surface area contributed by atoms with Gasteiger partial charge in [-0.15, -0.1) is 0 Å². The number of likely N-dealkylation sites (N-methyl/N-ethyl adjacent to an activating group) is 2. The minimum absolute atomic E-state index is 0.417. The molecule has 0 aromatic carbocycles. The smallest absolute Gasteiger partial charge is 0.0472 e. The SMILES string of the molecule is CCNCC1(CN(C)CC2CCCN2C)CCOCC1. The quantitative estimate of drug-likeness (QED) is 0.765. The molecule has 0 radical (unpaired) electrons. The summed E-state index contributed by atoms with van der Waals surface area (Å²) >= 11 is 0. The van der Waals surface area contributed by atoms with Crippen LogP contribution in [0, 0.1) is 5.41 Å². The van der Waals surface area contributed by atoms with E-state index in [1.807, 2.05) is 0 Å². The number of hydrogen-bond donors (Lipinski definition) is 1. The number of rotatable bonds is 7. The molecule has 2 fully saturated rings. The molecule has 2 saturated heterocycles. The summed E-state index contributed by atoms with van der Waals surface area (Å²) in [5.74, 6) is 0. The third-order valence-corrected chi connectivity index (χ3v) is 5.10. The Kier molecular flexibility index (Phi) is 6.27. The predicted molar refractivity (Wildman–Crippen MR) is 84.2 cm³/mol. The minimum Gasteiger partial charge on any atom is -0.381 e. The zero-order chi connectivity index (χ0) is 14.4. The highest BCUT2D eigenvalue weighted by molar-refractivity contribution is 4.88. The van der Waals surface area contributed by atoms with Gasteiger partial charge in [-0.1, -0.05) is 6.92 Å². The predicted octanol–water partition coefficient (Wildman–Crippen LogP) is 1.42. The molecule has 118 valence electrons. The molecule has 0 amide bonds. The van der Waals surface area contributed by atoms with E-state index in [0.29, 0.717) is 5.41 Å². The molecule has 0 aliphatic carbocycles. The molecule has 2 aliphatic rings. The zero-order valence-corrected chi connectivity index (χ0v) is 13.7. The van der Waals surface area contributed by atoms with Crippen molar-refractivity contribution in [3.05, 3.63) is 0 Å². The number of likely N-dealkylation sites (tertiary alicyclic amines) is 1. The van der Waals surface area contributed by atoms with E-state index < -0.39 is 0 Å². The standard InChI is InChI=1S/C16H33N3O/c1-4-17-13-16(7-10-20-11-8-16)14-18(2)12-15-6-5-9-19(15)3/h15,17H,4-14H2,1-3H3. The summed E-state index contributed by atoms with van der Waals surface area (Å²) in [7, 11) is 4.57. The van der Waals surface area contributed by atoms with Crippen LogP contribution in [0.1, 0.15) is 32.6 Å². The van der Waals surface area contributed by atoms with Crippen LogP contribution in [0.15, 0.2) is 0 Å². The molecule has 2 heterocycles.